The van der Waals surface area contributed by atoms with E-state index in [-0.39, 0.29) is 0 Å². The summed E-state index contributed by atoms with van der Waals surface area (Å²) in [6.45, 7) is 0. The van der Waals surface area contributed by atoms with Gasteiger partial charge < -0.3 is 4.98 Å². The van der Waals surface area contributed by atoms with E-state index < -0.39 is 0 Å². The molecule has 2 aromatic heterocycles. The van der Waals surface area contributed by atoms with Gasteiger partial charge in [0.1, 0.15) is 10.3 Å². The Bertz CT molecular complexity index is 435. The van der Waals surface area contributed by atoms with Crippen molar-refractivity contribution >= 4 is 45.7 Å². The molecule has 2 rings (SSSR count). The Morgan fingerprint density at radius 3 is 2.75 bits per heavy atom. The fourth-order valence-electron chi connectivity index (χ4n) is 1.04. The number of aromatic amines is 1. The predicted molar refractivity (Wildman–Crippen MR) is 51.1 cm³/mol. The zero-order valence-corrected chi connectivity index (χ0v) is 8.00. The lowest BCUT2D eigenvalue weighted by atomic mass is 10.3. The first-order chi connectivity index (χ1) is 5.68. The van der Waals surface area contributed by atoms with E-state index in [4.69, 9.17) is 34.8 Å². The van der Waals surface area contributed by atoms with Crippen LogP contribution in [0.25, 0.3) is 10.9 Å². The molecule has 5 heteroatoms. The van der Waals surface area contributed by atoms with Crippen molar-refractivity contribution in [3.8, 4) is 0 Å². The number of rotatable bonds is 0. The van der Waals surface area contributed by atoms with Gasteiger partial charge in [0.15, 0.2) is 0 Å². The molecule has 0 atom stereocenters. The van der Waals surface area contributed by atoms with E-state index in [2.05, 4.69) is 9.97 Å². The monoisotopic (exact) mass is 220 g/mol. The Balaban J connectivity index is 2.93. The third-order valence-electron chi connectivity index (χ3n) is 1.54. The molecule has 0 bridgehead atoms. The lowest BCUT2D eigenvalue weighted by Crippen LogP contribution is -1.77. The van der Waals surface area contributed by atoms with Crippen LogP contribution in [0.3, 0.4) is 0 Å². The molecule has 0 saturated carbocycles. The summed E-state index contributed by atoms with van der Waals surface area (Å²) in [6, 6.07) is 1.68. The lowest BCUT2D eigenvalue weighted by molar-refractivity contribution is 1.35. The first kappa shape index (κ1) is 8.17. The van der Waals surface area contributed by atoms with Crippen LogP contribution >= 0.6 is 34.8 Å². The van der Waals surface area contributed by atoms with Crippen LogP contribution in [-0.2, 0) is 0 Å². The molecule has 0 aliphatic heterocycles. The molecule has 0 fully saturated rings. The average Bonchev–Trinajstić information content (AvgIpc) is 2.31. The zero-order valence-electron chi connectivity index (χ0n) is 5.74. The van der Waals surface area contributed by atoms with Gasteiger partial charge >= 0.3 is 0 Å². The molecule has 0 saturated heterocycles. The van der Waals surface area contributed by atoms with Crippen molar-refractivity contribution in [2.75, 3.05) is 0 Å². The lowest BCUT2D eigenvalue weighted by Gasteiger charge is -1.94. The highest BCUT2D eigenvalue weighted by atomic mass is 35.5. The van der Waals surface area contributed by atoms with Crippen molar-refractivity contribution in [3.05, 3.63) is 27.6 Å². The van der Waals surface area contributed by atoms with E-state index in [1.54, 1.807) is 12.3 Å². The molecule has 0 unspecified atom stereocenters. The summed E-state index contributed by atoms with van der Waals surface area (Å²) in [4.78, 5) is 6.79. The van der Waals surface area contributed by atoms with E-state index in [1.165, 1.54) is 0 Å². The number of nitrogens with one attached hydrogen (secondary N) is 1. The van der Waals surface area contributed by atoms with Crippen LogP contribution in [0.4, 0.5) is 0 Å². The van der Waals surface area contributed by atoms with Gasteiger partial charge in [0.2, 0.25) is 0 Å². The smallest absolute Gasteiger partial charge is 0.141 e. The van der Waals surface area contributed by atoms with Crippen LogP contribution in [0.15, 0.2) is 12.3 Å². The van der Waals surface area contributed by atoms with Gasteiger partial charge in [-0.3, -0.25) is 0 Å². The van der Waals surface area contributed by atoms with Crippen LogP contribution < -0.4 is 0 Å². The second-order valence-corrected chi connectivity index (χ2v) is 3.45. The number of aromatic nitrogens is 2. The second-order valence-electron chi connectivity index (χ2n) is 2.29. The van der Waals surface area contributed by atoms with Gasteiger partial charge in [0.25, 0.3) is 0 Å². The third-order valence-corrected chi connectivity index (χ3v) is 2.30. The molecule has 0 aliphatic rings. The summed E-state index contributed by atoms with van der Waals surface area (Å²) in [5, 5.41) is 1.94. The van der Waals surface area contributed by atoms with Crippen LogP contribution in [0, 0.1) is 0 Å². The van der Waals surface area contributed by atoms with Gasteiger partial charge in [-0.05, 0) is 6.07 Å². The number of nitrogens with zero attached hydrogens (tertiary/aromatic N) is 1. The Labute approximate surface area is 83.5 Å². The Morgan fingerprint density at radius 2 is 2.00 bits per heavy atom. The number of pyridine rings is 1. The van der Waals surface area contributed by atoms with Crippen molar-refractivity contribution in [3.63, 3.8) is 0 Å². The molecule has 0 amide bonds. The Morgan fingerprint density at radius 1 is 1.25 bits per heavy atom. The van der Waals surface area contributed by atoms with E-state index >= 15 is 0 Å². The molecule has 0 spiro atoms. The van der Waals surface area contributed by atoms with Gasteiger partial charge in [0.05, 0.1) is 15.9 Å². The van der Waals surface area contributed by atoms with Gasteiger partial charge in [-0.2, -0.15) is 0 Å². The number of H-pyrrole nitrogens is 1. The quantitative estimate of drug-likeness (QED) is 0.678. The maximum atomic E-state index is 5.83. The minimum Gasteiger partial charge on any atom is -0.360 e. The average molecular weight is 221 g/mol. The molecule has 2 aromatic rings. The zero-order chi connectivity index (χ0) is 8.72. The van der Waals surface area contributed by atoms with E-state index in [1.807, 2.05) is 0 Å². The van der Waals surface area contributed by atoms with E-state index in [9.17, 15) is 0 Å². The van der Waals surface area contributed by atoms with E-state index in [0.717, 1.165) is 5.52 Å². The largest absolute Gasteiger partial charge is 0.360 e. The molecule has 0 radical (unpaired) electrons. The first-order valence-corrected chi connectivity index (χ1v) is 4.30. The molecular formula is C7H3Cl3N2. The molecule has 1 N–H and O–H groups in total. The fraction of sp³-hybridized carbons (Fsp3) is 0. The molecule has 0 aliphatic carbocycles. The summed E-state index contributed by atoms with van der Waals surface area (Å²) >= 11 is 17.3. The van der Waals surface area contributed by atoms with Crippen LogP contribution in [0.2, 0.25) is 15.3 Å². The number of hydrogen-bond donors (Lipinski definition) is 1. The van der Waals surface area contributed by atoms with Crippen molar-refractivity contribution < 1.29 is 0 Å². The summed E-state index contributed by atoms with van der Waals surface area (Å²) < 4.78 is 0. The molecule has 0 aromatic carbocycles. The van der Waals surface area contributed by atoms with Crippen molar-refractivity contribution in [1.82, 2.24) is 9.97 Å². The summed E-state index contributed by atoms with van der Waals surface area (Å²) in [5.41, 5.74) is 0.796. The van der Waals surface area contributed by atoms with Crippen LogP contribution in [0.1, 0.15) is 0 Å². The minimum atomic E-state index is 0.323. The minimum absolute atomic E-state index is 0.323. The SMILES string of the molecule is Clc1cc2[nH]cc(Cl)c2c(Cl)n1. The highest BCUT2D eigenvalue weighted by molar-refractivity contribution is 6.42. The highest BCUT2D eigenvalue weighted by Gasteiger charge is 2.07. The summed E-state index contributed by atoms with van der Waals surface area (Å²) in [7, 11) is 0. The predicted octanol–water partition coefficient (Wildman–Crippen LogP) is 3.52. The Kier molecular flexibility index (Phi) is 1.91. The number of fused-ring (bicyclic) bond motifs is 1. The maximum Gasteiger partial charge on any atom is 0.141 e. The summed E-state index contributed by atoms with van der Waals surface area (Å²) in [5.74, 6) is 0. The van der Waals surface area contributed by atoms with Gasteiger partial charge in [-0.15, -0.1) is 0 Å². The molecular weight excluding hydrogens is 218 g/mol. The van der Waals surface area contributed by atoms with Crippen molar-refractivity contribution in [1.29, 1.82) is 0 Å². The van der Waals surface area contributed by atoms with Crippen LogP contribution in [-0.4, -0.2) is 9.97 Å². The number of halogens is 3. The topological polar surface area (TPSA) is 28.7 Å². The molecule has 62 valence electrons. The van der Waals surface area contributed by atoms with Crippen molar-refractivity contribution in [2.24, 2.45) is 0 Å². The van der Waals surface area contributed by atoms with Gasteiger partial charge in [-0.1, -0.05) is 34.8 Å². The molecule has 12 heavy (non-hydrogen) atoms. The normalized spacial score (nSPS) is 10.9. The molecule has 2 heterocycles. The standard InChI is InChI=1S/C7H3Cl3N2/c8-3-2-11-4-1-5(9)12-7(10)6(3)4/h1-2,11H. The number of hydrogen-bond acceptors (Lipinski definition) is 1. The Hall–Kier alpha value is -0.440. The van der Waals surface area contributed by atoms with E-state index in [0.29, 0.717) is 20.7 Å². The van der Waals surface area contributed by atoms with Gasteiger partial charge in [0, 0.05) is 6.20 Å². The molecule has 2 nitrogen and oxygen atoms in total. The van der Waals surface area contributed by atoms with Gasteiger partial charge in [-0.25, -0.2) is 4.98 Å². The highest BCUT2D eigenvalue weighted by Crippen LogP contribution is 2.30. The second kappa shape index (κ2) is 2.80. The summed E-state index contributed by atoms with van der Waals surface area (Å²) in [6.07, 6.45) is 1.65. The third kappa shape index (κ3) is 1.16. The van der Waals surface area contributed by atoms with Crippen molar-refractivity contribution in [2.45, 2.75) is 0 Å². The fourth-order valence-corrected chi connectivity index (χ4v) is 1.86. The first-order valence-electron chi connectivity index (χ1n) is 3.17. The maximum absolute atomic E-state index is 5.83. The van der Waals surface area contributed by atoms with Crippen LogP contribution in [0.5, 0.6) is 0 Å².